The fraction of sp³-hybridized carbons (Fsp3) is 0.357. The van der Waals surface area contributed by atoms with Gasteiger partial charge in [0.2, 0.25) is 5.13 Å². The fourth-order valence-corrected chi connectivity index (χ4v) is 2.92. The summed E-state index contributed by atoms with van der Waals surface area (Å²) in [6.07, 6.45) is 2.15. The summed E-state index contributed by atoms with van der Waals surface area (Å²) in [5, 5.41) is 11.6. The Labute approximate surface area is 134 Å². The van der Waals surface area contributed by atoms with Crippen LogP contribution in [0, 0.1) is 0 Å². The third kappa shape index (κ3) is 3.55. The highest BCUT2D eigenvalue weighted by Gasteiger charge is 2.28. The van der Waals surface area contributed by atoms with Gasteiger partial charge in [0.25, 0.3) is 5.91 Å². The predicted octanol–water partition coefficient (Wildman–Crippen LogP) is 3.28. The standard InChI is InChI=1S/C14H13F2N3O3S/c1-21-9-4-2-3-8(10(9)22-13(15)16)11(20)17-14-19-18-12(23-14)7-5-6-7/h2-4,7,13H,5-6H2,1H3,(H,17,19,20). The van der Waals surface area contributed by atoms with E-state index in [0.717, 1.165) is 17.8 Å². The molecule has 1 aromatic heterocycles. The predicted molar refractivity (Wildman–Crippen MR) is 79.5 cm³/mol. The van der Waals surface area contributed by atoms with Gasteiger partial charge < -0.3 is 9.47 Å². The number of anilines is 1. The lowest BCUT2D eigenvalue weighted by Crippen LogP contribution is -2.15. The Kier molecular flexibility index (Phi) is 4.37. The van der Waals surface area contributed by atoms with E-state index in [4.69, 9.17) is 4.74 Å². The van der Waals surface area contributed by atoms with E-state index in [0.29, 0.717) is 11.0 Å². The van der Waals surface area contributed by atoms with E-state index in [1.54, 1.807) is 0 Å². The zero-order valence-electron chi connectivity index (χ0n) is 12.1. The average molecular weight is 341 g/mol. The minimum absolute atomic E-state index is 0.0499. The molecule has 1 heterocycles. The second-order valence-corrected chi connectivity index (χ2v) is 5.90. The van der Waals surface area contributed by atoms with Gasteiger partial charge in [0, 0.05) is 5.92 Å². The lowest BCUT2D eigenvalue weighted by molar-refractivity contribution is -0.0515. The molecule has 1 aromatic carbocycles. The summed E-state index contributed by atoms with van der Waals surface area (Å²) < 4.78 is 34.5. The highest BCUT2D eigenvalue weighted by Crippen LogP contribution is 2.42. The van der Waals surface area contributed by atoms with E-state index in [1.165, 1.54) is 36.6 Å². The Balaban J connectivity index is 1.82. The molecule has 1 aliphatic rings. The fourth-order valence-electron chi connectivity index (χ4n) is 2.01. The number of nitrogens with one attached hydrogen (secondary N) is 1. The maximum Gasteiger partial charge on any atom is 0.387 e. The van der Waals surface area contributed by atoms with E-state index in [9.17, 15) is 13.6 Å². The Morgan fingerprint density at radius 1 is 1.39 bits per heavy atom. The number of para-hydroxylation sites is 1. The molecule has 1 fully saturated rings. The van der Waals surface area contributed by atoms with E-state index >= 15 is 0 Å². The number of hydrogen-bond donors (Lipinski definition) is 1. The number of hydrogen-bond acceptors (Lipinski definition) is 6. The van der Waals surface area contributed by atoms with E-state index in [2.05, 4.69) is 20.3 Å². The normalized spacial score (nSPS) is 13.9. The molecule has 3 rings (SSSR count). The molecule has 0 spiro atoms. The number of ether oxygens (including phenoxy) is 2. The highest BCUT2D eigenvalue weighted by molar-refractivity contribution is 7.15. The van der Waals surface area contributed by atoms with Crippen LogP contribution in [0.15, 0.2) is 18.2 Å². The molecule has 0 atom stereocenters. The van der Waals surface area contributed by atoms with Crippen molar-refractivity contribution in [1.29, 1.82) is 0 Å². The van der Waals surface area contributed by atoms with Crippen LogP contribution in [0.5, 0.6) is 11.5 Å². The van der Waals surface area contributed by atoms with Crippen LogP contribution in [-0.2, 0) is 0 Å². The van der Waals surface area contributed by atoms with Crippen LogP contribution in [0.1, 0.15) is 34.1 Å². The molecule has 122 valence electrons. The lowest BCUT2D eigenvalue weighted by Gasteiger charge is -2.13. The zero-order valence-corrected chi connectivity index (χ0v) is 12.9. The number of nitrogens with zero attached hydrogens (tertiary/aromatic N) is 2. The zero-order chi connectivity index (χ0) is 16.4. The molecule has 1 N–H and O–H groups in total. The molecule has 0 saturated heterocycles. The first-order valence-corrected chi connectivity index (χ1v) is 7.66. The van der Waals surface area contributed by atoms with Gasteiger partial charge in [-0.2, -0.15) is 8.78 Å². The quantitative estimate of drug-likeness (QED) is 0.873. The Bertz CT molecular complexity index is 719. The minimum atomic E-state index is -3.07. The van der Waals surface area contributed by atoms with E-state index in [-0.39, 0.29) is 17.1 Å². The van der Waals surface area contributed by atoms with Gasteiger partial charge in [-0.3, -0.25) is 10.1 Å². The van der Waals surface area contributed by atoms with Crippen LogP contribution in [0.25, 0.3) is 0 Å². The second kappa shape index (κ2) is 6.45. The number of carbonyl (C=O) groups is 1. The number of halogens is 2. The molecule has 0 aliphatic heterocycles. The monoisotopic (exact) mass is 341 g/mol. The first kappa shape index (κ1) is 15.6. The van der Waals surface area contributed by atoms with Crippen LogP contribution in [0.4, 0.5) is 13.9 Å². The van der Waals surface area contributed by atoms with E-state index in [1.807, 2.05) is 0 Å². The molecule has 0 radical (unpaired) electrons. The molecule has 6 nitrogen and oxygen atoms in total. The molecule has 0 unspecified atom stereocenters. The first-order chi connectivity index (χ1) is 11.1. The number of alkyl halides is 2. The number of amides is 1. The van der Waals surface area contributed by atoms with Gasteiger partial charge in [0.05, 0.1) is 12.7 Å². The summed E-state index contributed by atoms with van der Waals surface area (Å²) in [4.78, 5) is 12.3. The van der Waals surface area contributed by atoms with Crippen molar-refractivity contribution in [2.75, 3.05) is 12.4 Å². The summed E-state index contributed by atoms with van der Waals surface area (Å²) in [5.41, 5.74) is -0.0622. The molecule has 2 aromatic rings. The smallest absolute Gasteiger partial charge is 0.387 e. The van der Waals surface area contributed by atoms with Crippen molar-refractivity contribution in [2.45, 2.75) is 25.4 Å². The summed E-state index contributed by atoms with van der Waals surface area (Å²) in [7, 11) is 1.31. The van der Waals surface area contributed by atoms with Crippen molar-refractivity contribution in [3.05, 3.63) is 28.8 Å². The highest BCUT2D eigenvalue weighted by atomic mass is 32.1. The first-order valence-electron chi connectivity index (χ1n) is 6.85. The number of carbonyl (C=O) groups excluding carboxylic acids is 1. The largest absolute Gasteiger partial charge is 0.493 e. The van der Waals surface area contributed by atoms with Crippen LogP contribution in [-0.4, -0.2) is 29.8 Å². The van der Waals surface area contributed by atoms with Crippen LogP contribution in [0.2, 0.25) is 0 Å². The van der Waals surface area contributed by atoms with Gasteiger partial charge in [0.15, 0.2) is 11.5 Å². The van der Waals surface area contributed by atoms with Gasteiger partial charge in [-0.05, 0) is 25.0 Å². The topological polar surface area (TPSA) is 73.3 Å². The van der Waals surface area contributed by atoms with Crippen molar-refractivity contribution in [2.24, 2.45) is 0 Å². The number of aromatic nitrogens is 2. The van der Waals surface area contributed by atoms with Crippen molar-refractivity contribution in [3.63, 3.8) is 0 Å². The summed E-state index contributed by atoms with van der Waals surface area (Å²) in [5.74, 6) is -0.450. The minimum Gasteiger partial charge on any atom is -0.493 e. The summed E-state index contributed by atoms with van der Waals surface area (Å²) in [6.45, 7) is -3.07. The van der Waals surface area contributed by atoms with Gasteiger partial charge >= 0.3 is 6.61 Å². The number of methoxy groups -OCH3 is 1. The Hall–Kier alpha value is -2.29. The van der Waals surface area contributed by atoms with Crippen molar-refractivity contribution < 1.29 is 23.0 Å². The van der Waals surface area contributed by atoms with Crippen LogP contribution >= 0.6 is 11.3 Å². The van der Waals surface area contributed by atoms with Crippen LogP contribution in [0.3, 0.4) is 0 Å². The number of rotatable bonds is 6. The van der Waals surface area contributed by atoms with Gasteiger partial charge in [0.1, 0.15) is 5.01 Å². The summed E-state index contributed by atoms with van der Waals surface area (Å²) in [6, 6.07) is 4.32. The average Bonchev–Trinajstić information content (AvgIpc) is 3.27. The SMILES string of the molecule is COc1cccc(C(=O)Nc2nnc(C3CC3)s2)c1OC(F)F. The maximum absolute atomic E-state index is 12.6. The Morgan fingerprint density at radius 2 is 2.17 bits per heavy atom. The second-order valence-electron chi connectivity index (χ2n) is 4.89. The number of benzene rings is 1. The third-order valence-electron chi connectivity index (χ3n) is 3.24. The molecular formula is C14H13F2N3O3S. The van der Waals surface area contributed by atoms with Crippen LogP contribution < -0.4 is 14.8 Å². The van der Waals surface area contributed by atoms with Crippen molar-refractivity contribution in [3.8, 4) is 11.5 Å². The van der Waals surface area contributed by atoms with Gasteiger partial charge in [-0.25, -0.2) is 0 Å². The molecule has 1 saturated carbocycles. The Morgan fingerprint density at radius 3 is 2.83 bits per heavy atom. The third-order valence-corrected chi connectivity index (χ3v) is 4.24. The van der Waals surface area contributed by atoms with Crippen molar-refractivity contribution in [1.82, 2.24) is 10.2 Å². The molecule has 23 heavy (non-hydrogen) atoms. The summed E-state index contributed by atoms with van der Waals surface area (Å²) >= 11 is 1.28. The van der Waals surface area contributed by atoms with Gasteiger partial charge in [-0.15, -0.1) is 10.2 Å². The lowest BCUT2D eigenvalue weighted by atomic mass is 10.1. The molecular weight excluding hydrogens is 328 g/mol. The molecule has 1 aliphatic carbocycles. The van der Waals surface area contributed by atoms with E-state index < -0.39 is 12.5 Å². The molecule has 0 bridgehead atoms. The van der Waals surface area contributed by atoms with Gasteiger partial charge in [-0.1, -0.05) is 17.4 Å². The molecule has 1 amide bonds. The van der Waals surface area contributed by atoms with Crippen molar-refractivity contribution >= 4 is 22.4 Å². The molecule has 9 heteroatoms. The maximum atomic E-state index is 12.6.